The zero-order chi connectivity index (χ0) is 20.0. The number of benzene rings is 1. The molecule has 0 aliphatic heterocycles. The third kappa shape index (κ3) is 5.59. The maximum absolute atomic E-state index is 12.4. The van der Waals surface area contributed by atoms with Crippen molar-refractivity contribution in [3.8, 4) is 11.5 Å². The van der Waals surface area contributed by atoms with Gasteiger partial charge in [-0.1, -0.05) is 12.1 Å². The Morgan fingerprint density at radius 1 is 1.11 bits per heavy atom. The first-order valence-corrected chi connectivity index (χ1v) is 8.68. The maximum atomic E-state index is 12.4. The number of nitrogens with zero attached hydrogens (tertiary/aromatic N) is 3. The lowest BCUT2D eigenvalue weighted by atomic mass is 10.2. The van der Waals surface area contributed by atoms with E-state index in [2.05, 4.69) is 0 Å². The van der Waals surface area contributed by atoms with E-state index in [1.807, 2.05) is 43.3 Å². The van der Waals surface area contributed by atoms with Gasteiger partial charge in [0, 0.05) is 33.3 Å². The molecule has 0 saturated carbocycles. The first kappa shape index (κ1) is 20.5. The molecule has 0 spiro atoms. The number of rotatable bonds is 8. The lowest BCUT2D eigenvalue weighted by Crippen LogP contribution is -2.30. The fourth-order valence-electron chi connectivity index (χ4n) is 2.45. The molecular formula is C20H27N3O4. The van der Waals surface area contributed by atoms with Crippen molar-refractivity contribution >= 4 is 5.91 Å². The van der Waals surface area contributed by atoms with E-state index in [9.17, 15) is 9.59 Å². The molecule has 0 aliphatic carbocycles. The van der Waals surface area contributed by atoms with Gasteiger partial charge in [0.25, 0.3) is 5.91 Å². The molecule has 0 aliphatic rings. The summed E-state index contributed by atoms with van der Waals surface area (Å²) in [6.45, 7) is 1.56. The number of carbonyl (C=O) groups is 1. The summed E-state index contributed by atoms with van der Waals surface area (Å²) in [5, 5.41) is 0. The Balaban J connectivity index is 2.25. The zero-order valence-electron chi connectivity index (χ0n) is 16.6. The van der Waals surface area contributed by atoms with Gasteiger partial charge in [-0.2, -0.15) is 0 Å². The Hall–Kier alpha value is -2.80. The summed E-state index contributed by atoms with van der Waals surface area (Å²) < 4.78 is 12.6. The van der Waals surface area contributed by atoms with Gasteiger partial charge in [0.1, 0.15) is 18.1 Å². The van der Waals surface area contributed by atoms with Crippen LogP contribution < -0.4 is 14.9 Å². The van der Waals surface area contributed by atoms with Crippen LogP contribution in [0.5, 0.6) is 11.5 Å². The Morgan fingerprint density at radius 2 is 1.78 bits per heavy atom. The van der Waals surface area contributed by atoms with Gasteiger partial charge in [0.15, 0.2) is 5.75 Å². The minimum absolute atomic E-state index is 0.215. The summed E-state index contributed by atoms with van der Waals surface area (Å²) >= 11 is 0. The summed E-state index contributed by atoms with van der Waals surface area (Å²) in [4.78, 5) is 28.3. The van der Waals surface area contributed by atoms with Crippen LogP contribution in [-0.4, -0.2) is 62.1 Å². The van der Waals surface area contributed by atoms with Gasteiger partial charge >= 0.3 is 0 Å². The monoisotopic (exact) mass is 373 g/mol. The van der Waals surface area contributed by atoms with Crippen LogP contribution in [0.4, 0.5) is 0 Å². The second-order valence-electron chi connectivity index (χ2n) is 6.72. The molecule has 1 aromatic heterocycles. The average molecular weight is 373 g/mol. The molecular weight excluding hydrogens is 346 g/mol. The SMILES string of the molecule is COc1ccc(COc2cn(CCN(C)C)c(C(=O)N(C)C)cc2=O)cc1. The number of pyridine rings is 1. The molecule has 27 heavy (non-hydrogen) atoms. The average Bonchev–Trinajstić information content (AvgIpc) is 2.65. The molecule has 2 aromatic rings. The van der Waals surface area contributed by atoms with E-state index in [0.717, 1.165) is 17.9 Å². The fraction of sp³-hybridized carbons (Fsp3) is 0.400. The van der Waals surface area contributed by atoms with Crippen molar-refractivity contribution in [3.63, 3.8) is 0 Å². The van der Waals surface area contributed by atoms with Crippen molar-refractivity contribution in [3.05, 3.63) is 58.0 Å². The van der Waals surface area contributed by atoms with Gasteiger partial charge in [0.2, 0.25) is 5.43 Å². The third-order valence-electron chi connectivity index (χ3n) is 4.06. The van der Waals surface area contributed by atoms with Gasteiger partial charge in [0.05, 0.1) is 13.3 Å². The van der Waals surface area contributed by atoms with E-state index in [1.165, 1.54) is 11.0 Å². The molecule has 146 valence electrons. The van der Waals surface area contributed by atoms with Gasteiger partial charge in [-0.3, -0.25) is 9.59 Å². The lowest BCUT2D eigenvalue weighted by Gasteiger charge is -2.19. The highest BCUT2D eigenvalue weighted by molar-refractivity contribution is 5.92. The largest absolute Gasteiger partial charge is 0.497 e. The summed E-state index contributed by atoms with van der Waals surface area (Å²) in [5.41, 5.74) is 0.960. The Bertz CT molecular complexity index is 826. The van der Waals surface area contributed by atoms with Gasteiger partial charge in [-0.15, -0.1) is 0 Å². The Kier molecular flexibility index (Phi) is 7.01. The van der Waals surface area contributed by atoms with E-state index < -0.39 is 0 Å². The van der Waals surface area contributed by atoms with Gasteiger partial charge in [-0.25, -0.2) is 0 Å². The zero-order valence-corrected chi connectivity index (χ0v) is 16.6. The van der Waals surface area contributed by atoms with Crippen molar-refractivity contribution in [2.45, 2.75) is 13.2 Å². The Labute approximate surface area is 159 Å². The quantitative estimate of drug-likeness (QED) is 0.705. The molecule has 7 heteroatoms. The summed E-state index contributed by atoms with van der Waals surface area (Å²) in [6, 6.07) is 8.79. The van der Waals surface area contributed by atoms with E-state index >= 15 is 0 Å². The van der Waals surface area contributed by atoms with Crippen LogP contribution >= 0.6 is 0 Å². The number of hydrogen-bond donors (Lipinski definition) is 0. The summed E-state index contributed by atoms with van der Waals surface area (Å²) in [5.74, 6) is 0.767. The van der Waals surface area contributed by atoms with Crippen molar-refractivity contribution in [1.29, 1.82) is 0 Å². The van der Waals surface area contributed by atoms with Gasteiger partial charge < -0.3 is 23.8 Å². The molecule has 0 unspecified atom stereocenters. The van der Waals surface area contributed by atoms with E-state index in [4.69, 9.17) is 9.47 Å². The molecule has 0 saturated heterocycles. The van der Waals surface area contributed by atoms with E-state index in [-0.39, 0.29) is 23.7 Å². The van der Waals surface area contributed by atoms with E-state index in [1.54, 1.807) is 32.0 Å². The molecule has 0 N–H and O–H groups in total. The number of ether oxygens (including phenoxy) is 2. The standard InChI is InChI=1S/C20H27N3O4/c1-21(2)10-11-23-13-19(18(24)12-17(23)20(25)22(3)4)27-14-15-6-8-16(26-5)9-7-15/h6-9,12-13H,10-11,14H2,1-5H3. The Morgan fingerprint density at radius 3 is 2.33 bits per heavy atom. The smallest absolute Gasteiger partial charge is 0.270 e. The summed E-state index contributed by atoms with van der Waals surface area (Å²) in [6.07, 6.45) is 1.62. The molecule has 0 bridgehead atoms. The number of carbonyl (C=O) groups excluding carboxylic acids is 1. The highest BCUT2D eigenvalue weighted by Gasteiger charge is 2.16. The molecule has 7 nitrogen and oxygen atoms in total. The molecule has 0 radical (unpaired) electrons. The number of likely N-dealkylation sites (N-methyl/N-ethyl adjacent to an activating group) is 1. The van der Waals surface area contributed by atoms with Crippen LogP contribution in [0.1, 0.15) is 16.1 Å². The fourth-order valence-corrected chi connectivity index (χ4v) is 2.45. The van der Waals surface area contributed by atoms with Crippen LogP contribution in [0, 0.1) is 0 Å². The molecule has 0 fully saturated rings. The number of amides is 1. The third-order valence-corrected chi connectivity index (χ3v) is 4.06. The topological polar surface area (TPSA) is 64.0 Å². The lowest BCUT2D eigenvalue weighted by molar-refractivity contribution is 0.0815. The van der Waals surface area contributed by atoms with Crippen molar-refractivity contribution in [2.24, 2.45) is 0 Å². The normalized spacial score (nSPS) is 10.7. The van der Waals surface area contributed by atoms with Crippen LogP contribution in [-0.2, 0) is 13.2 Å². The van der Waals surface area contributed by atoms with Crippen molar-refractivity contribution < 1.29 is 14.3 Å². The second-order valence-corrected chi connectivity index (χ2v) is 6.72. The molecule has 1 amide bonds. The van der Waals surface area contributed by atoms with Crippen LogP contribution in [0.15, 0.2) is 41.3 Å². The predicted molar refractivity (Wildman–Crippen MR) is 105 cm³/mol. The molecule has 0 atom stereocenters. The van der Waals surface area contributed by atoms with Crippen LogP contribution in [0.3, 0.4) is 0 Å². The van der Waals surface area contributed by atoms with Crippen molar-refractivity contribution in [2.75, 3.05) is 41.8 Å². The predicted octanol–water partition coefficient (Wildman–Crippen LogP) is 1.70. The van der Waals surface area contributed by atoms with Crippen molar-refractivity contribution in [1.82, 2.24) is 14.4 Å². The minimum atomic E-state index is -0.310. The number of aromatic nitrogens is 1. The number of hydrogen-bond acceptors (Lipinski definition) is 5. The van der Waals surface area contributed by atoms with Crippen LogP contribution in [0.25, 0.3) is 0 Å². The minimum Gasteiger partial charge on any atom is -0.497 e. The highest BCUT2D eigenvalue weighted by atomic mass is 16.5. The summed E-state index contributed by atoms with van der Waals surface area (Å²) in [7, 11) is 8.85. The van der Waals surface area contributed by atoms with Crippen LogP contribution in [0.2, 0.25) is 0 Å². The first-order valence-electron chi connectivity index (χ1n) is 8.68. The highest BCUT2D eigenvalue weighted by Crippen LogP contribution is 2.14. The molecule has 1 aromatic carbocycles. The first-order chi connectivity index (χ1) is 12.8. The van der Waals surface area contributed by atoms with E-state index in [0.29, 0.717) is 12.2 Å². The molecule has 1 heterocycles. The number of methoxy groups -OCH3 is 1. The molecule has 2 rings (SSSR count). The second kappa shape index (κ2) is 9.23. The van der Waals surface area contributed by atoms with Gasteiger partial charge in [-0.05, 0) is 31.8 Å². The maximum Gasteiger partial charge on any atom is 0.270 e.